The molecule has 1 aromatic heterocycles. The van der Waals surface area contributed by atoms with Crippen molar-refractivity contribution in [3.05, 3.63) is 46.1 Å². The van der Waals surface area contributed by atoms with Crippen molar-refractivity contribution >= 4 is 34.7 Å². The lowest BCUT2D eigenvalue weighted by Gasteiger charge is -2.11. The zero-order valence-electron chi connectivity index (χ0n) is 9.54. The van der Waals surface area contributed by atoms with Crippen LogP contribution in [0.3, 0.4) is 0 Å². The van der Waals surface area contributed by atoms with E-state index < -0.39 is 5.82 Å². The Morgan fingerprint density at radius 2 is 2.06 bits per heavy atom. The van der Waals surface area contributed by atoms with Crippen molar-refractivity contribution in [3.8, 4) is 0 Å². The van der Waals surface area contributed by atoms with Crippen LogP contribution >= 0.6 is 23.2 Å². The summed E-state index contributed by atoms with van der Waals surface area (Å²) in [4.78, 5) is 7.95. The van der Waals surface area contributed by atoms with E-state index in [0.717, 1.165) is 5.56 Å². The maximum atomic E-state index is 13.6. The predicted molar refractivity (Wildman–Crippen MR) is 71.1 cm³/mol. The van der Waals surface area contributed by atoms with Crippen molar-refractivity contribution < 1.29 is 4.39 Å². The van der Waals surface area contributed by atoms with Gasteiger partial charge in [-0.3, -0.25) is 0 Å². The van der Waals surface area contributed by atoms with Crippen LogP contribution in [-0.2, 0) is 6.42 Å². The minimum absolute atomic E-state index is 0.295. The topological polar surface area (TPSA) is 37.8 Å². The quantitative estimate of drug-likeness (QED) is 0.858. The molecule has 3 nitrogen and oxygen atoms in total. The fourth-order valence-electron chi connectivity index (χ4n) is 1.53. The van der Waals surface area contributed by atoms with Crippen LogP contribution in [-0.4, -0.2) is 9.97 Å². The highest BCUT2D eigenvalue weighted by atomic mass is 35.5. The molecule has 0 unspecified atom stereocenters. The average molecular weight is 286 g/mol. The van der Waals surface area contributed by atoms with Crippen LogP contribution in [0.4, 0.5) is 15.9 Å². The Hall–Kier alpha value is -1.39. The second-order valence-corrected chi connectivity index (χ2v) is 4.39. The van der Waals surface area contributed by atoms with Crippen LogP contribution in [0.5, 0.6) is 0 Å². The molecule has 0 aliphatic carbocycles. The molecule has 18 heavy (non-hydrogen) atoms. The third kappa shape index (κ3) is 2.71. The molecule has 94 valence electrons. The van der Waals surface area contributed by atoms with E-state index >= 15 is 0 Å². The van der Waals surface area contributed by atoms with Gasteiger partial charge in [0.05, 0.1) is 5.69 Å². The molecule has 0 aliphatic heterocycles. The van der Waals surface area contributed by atoms with Crippen molar-refractivity contribution in [1.29, 1.82) is 0 Å². The van der Waals surface area contributed by atoms with Gasteiger partial charge in [-0.25, -0.2) is 14.4 Å². The predicted octanol–water partition coefficient (Wildman–Crippen LogP) is 4.23. The minimum Gasteiger partial charge on any atom is -0.337 e. The van der Waals surface area contributed by atoms with Crippen LogP contribution in [0.15, 0.2) is 24.5 Å². The van der Waals surface area contributed by atoms with Crippen molar-refractivity contribution in [2.45, 2.75) is 13.3 Å². The lowest BCUT2D eigenvalue weighted by Crippen LogP contribution is -2.02. The van der Waals surface area contributed by atoms with Gasteiger partial charge in [0.2, 0.25) is 0 Å². The molecular formula is C12H10Cl2FN3. The highest BCUT2D eigenvalue weighted by Gasteiger charge is 2.10. The van der Waals surface area contributed by atoms with Crippen LogP contribution in [0, 0.1) is 5.82 Å². The molecule has 0 saturated heterocycles. The second kappa shape index (κ2) is 5.50. The first kappa shape index (κ1) is 13.1. The van der Waals surface area contributed by atoms with Crippen LogP contribution in [0.1, 0.15) is 12.5 Å². The zero-order chi connectivity index (χ0) is 13.1. The number of aromatic nitrogens is 2. The molecule has 2 aromatic rings. The molecule has 0 radical (unpaired) electrons. The molecule has 0 fully saturated rings. The molecule has 0 atom stereocenters. The third-order valence-electron chi connectivity index (χ3n) is 2.43. The Kier molecular flexibility index (Phi) is 3.99. The third-order valence-corrected chi connectivity index (χ3v) is 2.99. The molecule has 1 N–H and O–H groups in total. The van der Waals surface area contributed by atoms with Gasteiger partial charge in [-0.1, -0.05) is 30.1 Å². The van der Waals surface area contributed by atoms with Crippen LogP contribution < -0.4 is 5.32 Å². The van der Waals surface area contributed by atoms with Gasteiger partial charge in [0, 0.05) is 10.6 Å². The van der Waals surface area contributed by atoms with Crippen molar-refractivity contribution in [2.24, 2.45) is 0 Å². The van der Waals surface area contributed by atoms with E-state index in [2.05, 4.69) is 15.3 Å². The SMILES string of the molecule is CCc1c(Cl)ncnc1Nc1ccc(Cl)cc1F. The van der Waals surface area contributed by atoms with Crippen molar-refractivity contribution in [3.63, 3.8) is 0 Å². The minimum atomic E-state index is -0.445. The first-order chi connectivity index (χ1) is 8.61. The number of hydrogen-bond donors (Lipinski definition) is 1. The summed E-state index contributed by atoms with van der Waals surface area (Å²) in [6.07, 6.45) is 1.98. The van der Waals surface area contributed by atoms with Crippen molar-refractivity contribution in [1.82, 2.24) is 9.97 Å². The number of nitrogens with zero attached hydrogens (tertiary/aromatic N) is 2. The summed E-state index contributed by atoms with van der Waals surface area (Å²) < 4.78 is 13.6. The largest absolute Gasteiger partial charge is 0.337 e. The van der Waals surface area contributed by atoms with E-state index in [9.17, 15) is 4.39 Å². The molecule has 0 aliphatic rings. The number of rotatable bonds is 3. The summed E-state index contributed by atoms with van der Waals surface area (Å²) in [6.45, 7) is 1.92. The summed E-state index contributed by atoms with van der Waals surface area (Å²) in [5.74, 6) is 0.0537. The number of hydrogen-bond acceptors (Lipinski definition) is 3. The summed E-state index contributed by atoms with van der Waals surface area (Å²) >= 11 is 11.6. The summed E-state index contributed by atoms with van der Waals surface area (Å²) in [7, 11) is 0. The van der Waals surface area contributed by atoms with Gasteiger partial charge in [0.1, 0.15) is 23.1 Å². The van der Waals surface area contributed by atoms with Gasteiger partial charge in [-0.15, -0.1) is 0 Å². The molecule has 1 aromatic carbocycles. The molecular weight excluding hydrogens is 276 g/mol. The number of halogens is 3. The van der Waals surface area contributed by atoms with E-state index in [1.165, 1.54) is 12.4 Å². The van der Waals surface area contributed by atoms with Gasteiger partial charge in [-0.05, 0) is 24.6 Å². The Morgan fingerprint density at radius 3 is 2.72 bits per heavy atom. The number of nitrogens with one attached hydrogen (secondary N) is 1. The Labute approximate surface area is 114 Å². The maximum Gasteiger partial charge on any atom is 0.148 e. The fraction of sp³-hybridized carbons (Fsp3) is 0.167. The lowest BCUT2D eigenvalue weighted by atomic mass is 10.2. The highest BCUT2D eigenvalue weighted by molar-refractivity contribution is 6.31. The molecule has 1 heterocycles. The summed E-state index contributed by atoms with van der Waals surface area (Å²) in [6, 6.07) is 4.38. The van der Waals surface area contributed by atoms with Gasteiger partial charge in [0.15, 0.2) is 0 Å². The molecule has 0 saturated carbocycles. The Morgan fingerprint density at radius 1 is 1.28 bits per heavy atom. The average Bonchev–Trinajstić information content (AvgIpc) is 2.33. The summed E-state index contributed by atoms with van der Waals surface area (Å²) in [5, 5.41) is 3.60. The Bertz CT molecular complexity index is 575. The molecule has 2 rings (SSSR count). The Balaban J connectivity index is 2.37. The highest BCUT2D eigenvalue weighted by Crippen LogP contribution is 2.26. The van der Waals surface area contributed by atoms with Crippen LogP contribution in [0.25, 0.3) is 0 Å². The normalized spacial score (nSPS) is 10.4. The van der Waals surface area contributed by atoms with E-state index in [4.69, 9.17) is 23.2 Å². The van der Waals surface area contributed by atoms with E-state index in [-0.39, 0.29) is 0 Å². The van der Waals surface area contributed by atoms with Gasteiger partial charge >= 0.3 is 0 Å². The van der Waals surface area contributed by atoms with Crippen LogP contribution in [0.2, 0.25) is 10.2 Å². The van der Waals surface area contributed by atoms with Gasteiger partial charge in [-0.2, -0.15) is 0 Å². The summed E-state index contributed by atoms with van der Waals surface area (Å²) in [5.41, 5.74) is 1.04. The van der Waals surface area contributed by atoms with Gasteiger partial charge < -0.3 is 5.32 Å². The zero-order valence-corrected chi connectivity index (χ0v) is 11.1. The second-order valence-electron chi connectivity index (χ2n) is 3.59. The maximum absolute atomic E-state index is 13.6. The van der Waals surface area contributed by atoms with Gasteiger partial charge in [0.25, 0.3) is 0 Å². The fourth-order valence-corrected chi connectivity index (χ4v) is 1.96. The smallest absolute Gasteiger partial charge is 0.148 e. The van der Waals surface area contributed by atoms with Crippen molar-refractivity contribution in [2.75, 3.05) is 5.32 Å². The molecule has 0 spiro atoms. The lowest BCUT2D eigenvalue weighted by molar-refractivity contribution is 0.632. The number of benzene rings is 1. The first-order valence-corrected chi connectivity index (χ1v) is 6.09. The van der Waals surface area contributed by atoms with E-state index in [0.29, 0.717) is 28.1 Å². The number of anilines is 2. The van der Waals surface area contributed by atoms with E-state index in [1.54, 1.807) is 12.1 Å². The monoisotopic (exact) mass is 285 g/mol. The first-order valence-electron chi connectivity index (χ1n) is 5.33. The molecule has 0 amide bonds. The van der Waals surface area contributed by atoms with E-state index in [1.807, 2.05) is 6.92 Å². The standard InChI is InChI=1S/C12H10Cl2FN3/c1-2-8-11(14)16-6-17-12(8)18-10-4-3-7(13)5-9(10)15/h3-6H,2H2,1H3,(H,16,17,18). The molecule has 6 heteroatoms. The molecule has 0 bridgehead atoms.